The Kier molecular flexibility index (Phi) is 13.3. The van der Waals surface area contributed by atoms with Crippen molar-refractivity contribution in [2.45, 2.75) is 68.8 Å². The molecule has 1 N–H and O–H groups in total. The predicted octanol–water partition coefficient (Wildman–Crippen LogP) is 15.1. The number of aldehydes is 1. The van der Waals surface area contributed by atoms with Gasteiger partial charge in [0.05, 0.1) is 58.3 Å². The summed E-state index contributed by atoms with van der Waals surface area (Å²) >= 11 is 0. The third-order valence-electron chi connectivity index (χ3n) is 13.2. The van der Waals surface area contributed by atoms with Crippen LogP contribution in [-0.2, 0) is 0 Å². The number of aliphatic hydroxyl groups excluding tert-OH is 1. The Morgan fingerprint density at radius 1 is 0.521 bits per heavy atom. The van der Waals surface area contributed by atoms with E-state index in [1.165, 1.54) is 42.5 Å². The van der Waals surface area contributed by atoms with Crippen LogP contribution < -0.4 is 0 Å². The molecule has 12 rings (SSSR count). The van der Waals surface area contributed by atoms with Crippen LogP contribution in [0.3, 0.4) is 0 Å². The van der Waals surface area contributed by atoms with E-state index < -0.39 is 6.10 Å². The van der Waals surface area contributed by atoms with E-state index in [-0.39, 0.29) is 23.9 Å². The minimum Gasteiger partial charge on any atom is -0.387 e. The fourth-order valence-electron chi connectivity index (χ4n) is 9.46. The number of hydrogen-bond acceptors (Lipinski definition) is 7. The summed E-state index contributed by atoms with van der Waals surface area (Å²) < 4.78 is 40.0. The minimum atomic E-state index is -0.905. The van der Waals surface area contributed by atoms with Crippen LogP contribution in [0.5, 0.6) is 0 Å². The molecule has 3 aliphatic rings. The van der Waals surface area contributed by atoms with Crippen molar-refractivity contribution in [3.63, 3.8) is 0 Å². The van der Waals surface area contributed by atoms with Crippen LogP contribution in [0.25, 0.3) is 72.2 Å². The lowest BCUT2D eigenvalue weighted by Gasteiger charge is -2.20. The number of allylic oxidation sites excluding steroid dienone is 1. The lowest BCUT2D eigenvalue weighted by Crippen LogP contribution is -2.07. The summed E-state index contributed by atoms with van der Waals surface area (Å²) in [7, 11) is 0. The van der Waals surface area contributed by atoms with Gasteiger partial charge in [-0.3, -0.25) is 19.7 Å². The van der Waals surface area contributed by atoms with E-state index in [0.29, 0.717) is 28.9 Å². The molecule has 0 bridgehead atoms. The maximum Gasteiger partial charge on any atom is 0.152 e. The van der Waals surface area contributed by atoms with Crippen molar-refractivity contribution in [1.82, 2.24) is 15.0 Å². The minimum absolute atomic E-state index is 0.00787. The number of nitrogens with zero attached hydrogens (tertiary/aromatic N) is 5. The van der Waals surface area contributed by atoms with Gasteiger partial charge in [-0.1, -0.05) is 91.0 Å². The number of fused-ring (bicyclic) bond motifs is 3. The third kappa shape index (κ3) is 9.94. The van der Waals surface area contributed by atoms with Crippen molar-refractivity contribution in [3.05, 3.63) is 203 Å². The highest BCUT2D eigenvalue weighted by molar-refractivity contribution is 6.04. The van der Waals surface area contributed by atoms with E-state index in [0.717, 1.165) is 134 Å². The number of aliphatic hydroxyl groups is 1. The monoisotopic (exact) mass is 937 g/mol. The Labute approximate surface area is 409 Å². The van der Waals surface area contributed by atoms with Gasteiger partial charge < -0.3 is 5.11 Å². The molecule has 348 valence electrons. The van der Waals surface area contributed by atoms with E-state index in [4.69, 9.17) is 25.5 Å². The van der Waals surface area contributed by atoms with Crippen molar-refractivity contribution < 1.29 is 23.1 Å². The van der Waals surface area contributed by atoms with Gasteiger partial charge in [0, 0.05) is 67.8 Å². The largest absolute Gasteiger partial charge is 0.387 e. The van der Waals surface area contributed by atoms with E-state index in [1.807, 2.05) is 78.9 Å². The Morgan fingerprint density at radius 3 is 1.30 bits per heavy atom. The van der Waals surface area contributed by atoms with Crippen molar-refractivity contribution in [2.24, 2.45) is 0 Å². The lowest BCUT2D eigenvalue weighted by atomic mass is 9.89. The van der Waals surface area contributed by atoms with Gasteiger partial charge in [0.2, 0.25) is 0 Å². The molecule has 3 fully saturated rings. The first-order valence-corrected chi connectivity index (χ1v) is 23.9. The summed E-state index contributed by atoms with van der Waals surface area (Å²) in [4.78, 5) is 26.1. The SMILES string of the molecule is N#C/C=C/c1c(C2CC2)nc2ccccc2c1-c1ccc(F)cc1.N#CCC(O)c1c(C2CC2)nc2ccccc2c1-c1ccc(F)cc1.O=Cc1c(C2CC2)nc2ccccc2c1-c1ccc(F)cc1. The molecule has 1 unspecified atom stereocenters. The fraction of sp³-hybridized carbons (Fsp3) is 0.180. The average Bonchev–Trinajstić information content (AvgIpc) is 4.23. The zero-order chi connectivity index (χ0) is 49.0. The maximum atomic E-state index is 13.4. The van der Waals surface area contributed by atoms with Gasteiger partial charge in [-0.25, -0.2) is 13.2 Å². The number of para-hydroxylation sites is 3. The molecule has 3 aromatic heterocycles. The highest BCUT2D eigenvalue weighted by atomic mass is 19.1. The summed E-state index contributed by atoms with van der Waals surface area (Å²) in [5.41, 5.74) is 13.2. The molecule has 1 atom stereocenters. The first kappa shape index (κ1) is 46.4. The van der Waals surface area contributed by atoms with Crippen LogP contribution in [0.1, 0.15) is 107 Å². The van der Waals surface area contributed by atoms with Gasteiger partial charge in [0.15, 0.2) is 6.29 Å². The van der Waals surface area contributed by atoms with Crippen molar-refractivity contribution in [2.75, 3.05) is 0 Å². The zero-order valence-corrected chi connectivity index (χ0v) is 38.6. The maximum absolute atomic E-state index is 13.4. The second-order valence-corrected chi connectivity index (χ2v) is 18.2. The van der Waals surface area contributed by atoms with Gasteiger partial charge >= 0.3 is 0 Å². The summed E-state index contributed by atoms with van der Waals surface area (Å²) in [6.07, 6.45) is 9.82. The molecule has 10 heteroatoms. The molecule has 71 heavy (non-hydrogen) atoms. The summed E-state index contributed by atoms with van der Waals surface area (Å²) in [6.45, 7) is 0. The van der Waals surface area contributed by atoms with Gasteiger partial charge in [-0.15, -0.1) is 0 Å². The highest BCUT2D eigenvalue weighted by Crippen LogP contribution is 2.48. The molecule has 3 heterocycles. The lowest BCUT2D eigenvalue weighted by molar-refractivity contribution is 0.112. The molecular weight excluding hydrogens is 892 g/mol. The molecule has 6 aromatic carbocycles. The van der Waals surface area contributed by atoms with E-state index in [1.54, 1.807) is 36.4 Å². The fourth-order valence-corrected chi connectivity index (χ4v) is 9.46. The number of pyridine rings is 3. The quantitative estimate of drug-likeness (QED) is 0.107. The molecule has 9 aromatic rings. The summed E-state index contributed by atoms with van der Waals surface area (Å²) in [5, 5.41) is 31.6. The van der Waals surface area contributed by atoms with Gasteiger partial charge in [-0.2, -0.15) is 10.5 Å². The van der Waals surface area contributed by atoms with Crippen LogP contribution >= 0.6 is 0 Å². The number of aromatic nitrogens is 3. The van der Waals surface area contributed by atoms with Crippen molar-refractivity contribution in [3.8, 4) is 45.5 Å². The van der Waals surface area contributed by atoms with Crippen LogP contribution in [0.2, 0.25) is 0 Å². The first-order chi connectivity index (χ1) is 34.7. The standard InChI is InChI=1S/C21H17FN2O.C21H15FN2.C19H14FNO/c22-15-9-7-13(8-10-15)19-16-3-1-2-4-17(16)24-21(14-5-6-14)20(19)18(25)11-12-23;22-16-11-9-14(10-12-16)20-17-4-1-2-6-19(17)24-21(15-7-8-15)18(20)5-3-13-23;20-14-9-7-12(8-10-14)18-15-3-1-2-4-17(15)21-19(13-5-6-13)16(18)11-22/h1-4,7-10,14,18,25H,5-6,11H2;1-6,9-12,15H,7-8H2;1-4,7-11,13H,5-6H2/b;5-3+;. The first-order valence-electron chi connectivity index (χ1n) is 23.9. The van der Waals surface area contributed by atoms with Crippen LogP contribution in [0, 0.1) is 40.1 Å². The van der Waals surface area contributed by atoms with Gasteiger partial charge in [0.25, 0.3) is 0 Å². The summed E-state index contributed by atoms with van der Waals surface area (Å²) in [5.74, 6) is 0.317. The zero-order valence-electron chi connectivity index (χ0n) is 38.6. The number of nitriles is 2. The average molecular weight is 938 g/mol. The topological polar surface area (TPSA) is 124 Å². The molecule has 0 spiro atoms. The van der Waals surface area contributed by atoms with Crippen molar-refractivity contribution in [1.29, 1.82) is 10.5 Å². The molecule has 0 amide bonds. The Bertz CT molecular complexity index is 3570. The molecule has 0 aliphatic heterocycles. The number of carbonyl (C=O) groups is 1. The molecule has 3 aliphatic carbocycles. The van der Waals surface area contributed by atoms with Crippen LogP contribution in [-0.4, -0.2) is 26.3 Å². The van der Waals surface area contributed by atoms with Crippen LogP contribution in [0.4, 0.5) is 13.2 Å². The number of carbonyl (C=O) groups excluding carboxylic acids is 1. The predicted molar refractivity (Wildman–Crippen MR) is 273 cm³/mol. The number of rotatable bonds is 10. The van der Waals surface area contributed by atoms with Gasteiger partial charge in [-0.05, 0) is 121 Å². The van der Waals surface area contributed by atoms with Gasteiger partial charge in [0.1, 0.15) is 17.5 Å². The van der Waals surface area contributed by atoms with Crippen molar-refractivity contribution >= 4 is 45.1 Å². The third-order valence-corrected chi connectivity index (χ3v) is 13.2. The Hall–Kier alpha value is -8.31. The van der Waals surface area contributed by atoms with E-state index in [9.17, 15) is 23.1 Å². The van der Waals surface area contributed by atoms with E-state index in [2.05, 4.69) is 12.1 Å². The Morgan fingerprint density at radius 2 is 0.887 bits per heavy atom. The number of benzene rings is 6. The normalized spacial score (nSPS) is 14.5. The molecule has 0 radical (unpaired) electrons. The molecule has 3 saturated carbocycles. The van der Waals surface area contributed by atoms with Crippen LogP contribution in [0.15, 0.2) is 152 Å². The molecule has 0 saturated heterocycles. The summed E-state index contributed by atoms with van der Waals surface area (Å²) in [6, 6.07) is 46.8. The molecular formula is C61H46F3N5O2. The molecule has 7 nitrogen and oxygen atoms in total. The van der Waals surface area contributed by atoms with E-state index >= 15 is 0 Å². The second kappa shape index (κ2) is 20.3. The number of hydrogen-bond donors (Lipinski definition) is 1. The number of halogens is 3. The second-order valence-electron chi connectivity index (χ2n) is 18.2. The Balaban J connectivity index is 0.000000123. The smallest absolute Gasteiger partial charge is 0.152 e. The highest BCUT2D eigenvalue weighted by Gasteiger charge is 2.34.